The van der Waals surface area contributed by atoms with Gasteiger partial charge in [-0.3, -0.25) is 0 Å². The Bertz CT molecular complexity index is 1000. The van der Waals surface area contributed by atoms with Crippen molar-refractivity contribution in [2.75, 3.05) is 26.2 Å². The number of rotatable bonds is 7. The highest BCUT2D eigenvalue weighted by atomic mass is 16.5. The Morgan fingerprint density at radius 1 is 1.07 bits per heavy atom. The third-order valence-corrected chi connectivity index (χ3v) is 4.17. The van der Waals surface area contributed by atoms with Crippen LogP contribution in [0.25, 0.3) is 12.2 Å². The Labute approximate surface area is 164 Å². The standard InChI is InChI=1S/C22H21N3O3/c1-25(15-17-7-5-4-6-8-17)22-18(14-23)24-21(28-22)12-10-16-9-11-19(26-2)20(13-16)27-3/h4-13H,15H2,1-3H3. The largest absolute Gasteiger partial charge is 0.493 e. The molecule has 0 spiro atoms. The molecule has 3 aromatic rings. The van der Waals surface area contributed by atoms with Gasteiger partial charge in [-0.1, -0.05) is 36.4 Å². The highest BCUT2D eigenvalue weighted by Crippen LogP contribution is 2.29. The highest BCUT2D eigenvalue weighted by Gasteiger charge is 2.16. The van der Waals surface area contributed by atoms with Gasteiger partial charge in [0.05, 0.1) is 14.2 Å². The lowest BCUT2D eigenvalue weighted by molar-refractivity contribution is 0.355. The van der Waals surface area contributed by atoms with E-state index in [9.17, 15) is 5.26 Å². The van der Waals surface area contributed by atoms with E-state index in [0.29, 0.717) is 29.8 Å². The molecule has 0 fully saturated rings. The molecule has 3 rings (SSSR count). The normalized spacial score (nSPS) is 10.6. The van der Waals surface area contributed by atoms with E-state index in [1.54, 1.807) is 20.3 Å². The summed E-state index contributed by atoms with van der Waals surface area (Å²) < 4.78 is 16.4. The first kappa shape index (κ1) is 19.1. The molecule has 0 saturated heterocycles. The van der Waals surface area contributed by atoms with Gasteiger partial charge < -0.3 is 18.8 Å². The van der Waals surface area contributed by atoms with Crippen molar-refractivity contribution in [1.29, 1.82) is 5.26 Å². The molecule has 0 radical (unpaired) electrons. The summed E-state index contributed by atoms with van der Waals surface area (Å²) in [6.07, 6.45) is 3.57. The minimum absolute atomic E-state index is 0.255. The van der Waals surface area contributed by atoms with E-state index in [-0.39, 0.29) is 5.69 Å². The Kier molecular flexibility index (Phi) is 5.97. The number of oxazole rings is 1. The molecule has 6 nitrogen and oxygen atoms in total. The van der Waals surface area contributed by atoms with Gasteiger partial charge in [0.25, 0.3) is 0 Å². The van der Waals surface area contributed by atoms with E-state index in [4.69, 9.17) is 13.9 Å². The zero-order chi connectivity index (χ0) is 19.9. The Morgan fingerprint density at radius 2 is 1.82 bits per heavy atom. The molecule has 0 bridgehead atoms. The quantitative estimate of drug-likeness (QED) is 0.611. The molecule has 142 valence electrons. The average molecular weight is 375 g/mol. The molecule has 0 unspecified atom stereocenters. The second kappa shape index (κ2) is 8.78. The Hall–Kier alpha value is -3.72. The molecular weight excluding hydrogens is 354 g/mol. The summed E-state index contributed by atoms with van der Waals surface area (Å²) in [7, 11) is 5.06. The molecular formula is C22H21N3O3. The smallest absolute Gasteiger partial charge is 0.235 e. The summed E-state index contributed by atoms with van der Waals surface area (Å²) in [6.45, 7) is 0.615. The van der Waals surface area contributed by atoms with Crippen LogP contribution in [0.3, 0.4) is 0 Å². The first-order chi connectivity index (χ1) is 13.6. The van der Waals surface area contributed by atoms with Crippen LogP contribution in [0.5, 0.6) is 11.5 Å². The van der Waals surface area contributed by atoms with Crippen molar-refractivity contribution in [3.8, 4) is 17.6 Å². The predicted molar refractivity (Wildman–Crippen MR) is 108 cm³/mol. The molecule has 1 heterocycles. The van der Waals surface area contributed by atoms with Crippen molar-refractivity contribution < 1.29 is 13.9 Å². The molecule has 6 heteroatoms. The van der Waals surface area contributed by atoms with Crippen LogP contribution in [0.2, 0.25) is 0 Å². The van der Waals surface area contributed by atoms with Crippen molar-refractivity contribution in [3.63, 3.8) is 0 Å². The summed E-state index contributed by atoms with van der Waals surface area (Å²) in [4.78, 5) is 6.14. The summed E-state index contributed by atoms with van der Waals surface area (Å²) in [6, 6.07) is 17.6. The van der Waals surface area contributed by atoms with Crippen molar-refractivity contribution in [1.82, 2.24) is 4.98 Å². The van der Waals surface area contributed by atoms with Gasteiger partial charge in [-0.15, -0.1) is 0 Å². The molecule has 0 atom stereocenters. The molecule has 0 N–H and O–H groups in total. The molecule has 0 saturated carbocycles. The lowest BCUT2D eigenvalue weighted by atomic mass is 10.2. The predicted octanol–water partition coefficient (Wildman–Crippen LogP) is 4.37. The number of ether oxygens (including phenoxy) is 2. The number of hydrogen-bond donors (Lipinski definition) is 0. The first-order valence-corrected chi connectivity index (χ1v) is 8.70. The Balaban J connectivity index is 1.80. The van der Waals surface area contributed by atoms with Crippen molar-refractivity contribution in [3.05, 3.63) is 71.2 Å². The fraction of sp³-hybridized carbons (Fsp3) is 0.182. The molecule has 1 aromatic heterocycles. The van der Waals surface area contributed by atoms with E-state index < -0.39 is 0 Å². The second-order valence-corrected chi connectivity index (χ2v) is 6.11. The van der Waals surface area contributed by atoms with Crippen LogP contribution in [-0.2, 0) is 6.54 Å². The van der Waals surface area contributed by atoms with Gasteiger partial charge in [0, 0.05) is 19.7 Å². The number of nitriles is 1. The van der Waals surface area contributed by atoms with Gasteiger partial charge >= 0.3 is 0 Å². The maximum Gasteiger partial charge on any atom is 0.235 e. The molecule has 0 aliphatic rings. The van der Waals surface area contributed by atoms with E-state index in [2.05, 4.69) is 11.1 Å². The number of methoxy groups -OCH3 is 2. The molecule has 0 aliphatic heterocycles. The number of hydrogen-bond acceptors (Lipinski definition) is 6. The fourth-order valence-corrected chi connectivity index (χ4v) is 2.78. The van der Waals surface area contributed by atoms with Gasteiger partial charge in [0.15, 0.2) is 11.5 Å². The zero-order valence-corrected chi connectivity index (χ0v) is 16.0. The minimum Gasteiger partial charge on any atom is -0.493 e. The van der Waals surface area contributed by atoms with Crippen molar-refractivity contribution >= 4 is 18.0 Å². The van der Waals surface area contributed by atoms with Crippen LogP contribution in [0.1, 0.15) is 22.7 Å². The summed E-state index contributed by atoms with van der Waals surface area (Å²) in [5.74, 6) is 2.10. The maximum atomic E-state index is 9.40. The minimum atomic E-state index is 0.255. The SMILES string of the molecule is COc1ccc(C=Cc2nc(C#N)c(N(C)Cc3ccccc3)o2)cc1OC. The van der Waals surface area contributed by atoms with E-state index >= 15 is 0 Å². The number of nitrogens with zero attached hydrogens (tertiary/aromatic N) is 3. The van der Waals surface area contributed by atoms with Crippen molar-refractivity contribution in [2.45, 2.75) is 6.54 Å². The van der Waals surface area contributed by atoms with E-state index in [1.807, 2.05) is 66.6 Å². The molecule has 28 heavy (non-hydrogen) atoms. The lowest BCUT2D eigenvalue weighted by Crippen LogP contribution is -2.16. The number of benzene rings is 2. The molecule has 0 amide bonds. The van der Waals surface area contributed by atoms with Crippen LogP contribution >= 0.6 is 0 Å². The summed E-state index contributed by atoms with van der Waals surface area (Å²) >= 11 is 0. The van der Waals surface area contributed by atoms with Gasteiger partial charge in [0.1, 0.15) is 6.07 Å². The third kappa shape index (κ3) is 4.33. The van der Waals surface area contributed by atoms with Gasteiger partial charge in [-0.2, -0.15) is 10.2 Å². The van der Waals surface area contributed by atoms with Gasteiger partial charge in [-0.25, -0.2) is 0 Å². The van der Waals surface area contributed by atoms with E-state index in [0.717, 1.165) is 11.1 Å². The van der Waals surface area contributed by atoms with Gasteiger partial charge in [-0.05, 0) is 29.3 Å². The van der Waals surface area contributed by atoms with Crippen LogP contribution in [0, 0.1) is 11.3 Å². The zero-order valence-electron chi connectivity index (χ0n) is 16.0. The summed E-state index contributed by atoms with van der Waals surface area (Å²) in [5.41, 5.74) is 2.27. The van der Waals surface area contributed by atoms with Crippen molar-refractivity contribution in [2.24, 2.45) is 0 Å². The van der Waals surface area contributed by atoms with Crippen LogP contribution in [0.4, 0.5) is 5.88 Å². The number of aromatic nitrogens is 1. The van der Waals surface area contributed by atoms with Crippen LogP contribution in [-0.4, -0.2) is 26.3 Å². The lowest BCUT2D eigenvalue weighted by Gasteiger charge is -2.15. The maximum absolute atomic E-state index is 9.40. The molecule has 2 aromatic carbocycles. The second-order valence-electron chi connectivity index (χ2n) is 6.11. The Morgan fingerprint density at radius 3 is 2.50 bits per heavy atom. The van der Waals surface area contributed by atoms with Crippen LogP contribution < -0.4 is 14.4 Å². The van der Waals surface area contributed by atoms with E-state index in [1.165, 1.54) is 0 Å². The third-order valence-electron chi connectivity index (χ3n) is 4.17. The highest BCUT2D eigenvalue weighted by molar-refractivity contribution is 5.69. The summed E-state index contributed by atoms with van der Waals surface area (Å²) in [5, 5.41) is 9.40. The first-order valence-electron chi connectivity index (χ1n) is 8.70. The topological polar surface area (TPSA) is 71.5 Å². The monoisotopic (exact) mass is 375 g/mol. The average Bonchev–Trinajstić information content (AvgIpc) is 3.16. The fourth-order valence-electron chi connectivity index (χ4n) is 2.78. The molecule has 0 aliphatic carbocycles. The number of anilines is 1. The van der Waals surface area contributed by atoms with Crippen LogP contribution in [0.15, 0.2) is 52.9 Å². The van der Waals surface area contributed by atoms with Gasteiger partial charge in [0.2, 0.25) is 17.5 Å².